The Kier molecular flexibility index (Phi) is 3.14. The second kappa shape index (κ2) is 4.60. The van der Waals surface area contributed by atoms with E-state index in [0.29, 0.717) is 11.3 Å². The highest BCUT2D eigenvalue weighted by atomic mass is 19.1. The van der Waals surface area contributed by atoms with Crippen LogP contribution in [0, 0.1) is 24.4 Å². The monoisotopic (exact) mass is 252 g/mol. The Labute approximate surface area is 102 Å². The van der Waals surface area contributed by atoms with Crippen molar-refractivity contribution in [2.24, 2.45) is 0 Å². The van der Waals surface area contributed by atoms with E-state index in [-0.39, 0.29) is 11.4 Å². The third-order valence-electron chi connectivity index (χ3n) is 2.61. The Balaban J connectivity index is 2.40. The third-order valence-corrected chi connectivity index (χ3v) is 2.61. The molecule has 0 aliphatic heterocycles. The molecule has 5 heteroatoms. The molecule has 0 aliphatic rings. The van der Waals surface area contributed by atoms with Gasteiger partial charge >= 0.3 is 0 Å². The molecule has 0 spiro atoms. The van der Waals surface area contributed by atoms with E-state index < -0.39 is 17.5 Å². The molecule has 0 bridgehead atoms. The predicted molar refractivity (Wildman–Crippen MR) is 65.2 cm³/mol. The molecule has 18 heavy (non-hydrogen) atoms. The van der Waals surface area contributed by atoms with Crippen molar-refractivity contribution in [3.05, 3.63) is 53.3 Å². The lowest BCUT2D eigenvalue weighted by Gasteiger charge is -2.12. The first-order chi connectivity index (χ1) is 8.47. The quantitative estimate of drug-likeness (QED) is 0.799. The van der Waals surface area contributed by atoms with Gasteiger partial charge in [0.1, 0.15) is 17.5 Å². The molecule has 0 heterocycles. The topological polar surface area (TPSA) is 38.0 Å². The van der Waals surface area contributed by atoms with E-state index in [0.717, 1.165) is 12.1 Å². The fourth-order valence-electron chi connectivity index (χ4n) is 1.57. The fraction of sp³-hybridized carbons (Fsp3) is 0.0769. The molecule has 2 rings (SSSR count). The van der Waals surface area contributed by atoms with Gasteiger partial charge in [-0.2, -0.15) is 0 Å². The summed E-state index contributed by atoms with van der Waals surface area (Å²) in [5.41, 5.74) is 6.87. The van der Waals surface area contributed by atoms with Gasteiger partial charge in [0.15, 0.2) is 0 Å². The fourth-order valence-corrected chi connectivity index (χ4v) is 1.57. The first kappa shape index (κ1) is 12.3. The van der Waals surface area contributed by atoms with Crippen LogP contribution in [0.4, 0.5) is 30.2 Å². The number of benzene rings is 2. The third kappa shape index (κ3) is 2.40. The van der Waals surface area contributed by atoms with Crippen molar-refractivity contribution in [2.75, 3.05) is 11.1 Å². The van der Waals surface area contributed by atoms with Crippen molar-refractivity contribution in [2.45, 2.75) is 6.92 Å². The molecule has 0 saturated carbocycles. The number of nitrogen functional groups attached to an aromatic ring is 1. The van der Waals surface area contributed by atoms with Gasteiger partial charge in [0.05, 0.1) is 5.69 Å². The minimum atomic E-state index is -0.753. The van der Waals surface area contributed by atoms with Crippen LogP contribution in [0.3, 0.4) is 0 Å². The van der Waals surface area contributed by atoms with Gasteiger partial charge in [-0.25, -0.2) is 13.2 Å². The molecule has 2 aromatic carbocycles. The van der Waals surface area contributed by atoms with Gasteiger partial charge in [-0.15, -0.1) is 0 Å². The molecular weight excluding hydrogens is 241 g/mol. The Morgan fingerprint density at radius 2 is 1.67 bits per heavy atom. The molecule has 0 aliphatic carbocycles. The van der Waals surface area contributed by atoms with Gasteiger partial charge < -0.3 is 11.1 Å². The van der Waals surface area contributed by atoms with Gasteiger partial charge in [0.25, 0.3) is 0 Å². The van der Waals surface area contributed by atoms with Crippen LogP contribution in [0.1, 0.15) is 5.56 Å². The summed E-state index contributed by atoms with van der Waals surface area (Å²) in [6, 6.07) is 5.49. The smallest absolute Gasteiger partial charge is 0.149 e. The summed E-state index contributed by atoms with van der Waals surface area (Å²) < 4.78 is 39.4. The van der Waals surface area contributed by atoms with Gasteiger partial charge in [-0.05, 0) is 36.8 Å². The molecule has 0 atom stereocenters. The Bertz CT molecular complexity index is 597. The number of halogens is 3. The molecule has 0 amide bonds. The summed E-state index contributed by atoms with van der Waals surface area (Å²) in [4.78, 5) is 0. The lowest BCUT2D eigenvalue weighted by atomic mass is 10.1. The molecule has 2 nitrogen and oxygen atoms in total. The van der Waals surface area contributed by atoms with Crippen LogP contribution in [-0.2, 0) is 0 Å². The first-order valence-corrected chi connectivity index (χ1v) is 5.25. The van der Waals surface area contributed by atoms with Crippen LogP contribution in [0.25, 0.3) is 0 Å². The van der Waals surface area contributed by atoms with Crippen molar-refractivity contribution in [1.82, 2.24) is 0 Å². The highest BCUT2D eigenvalue weighted by molar-refractivity contribution is 5.69. The first-order valence-electron chi connectivity index (χ1n) is 5.25. The summed E-state index contributed by atoms with van der Waals surface area (Å²) >= 11 is 0. The number of nitrogens with one attached hydrogen (secondary N) is 1. The number of nitrogens with two attached hydrogens (primary N) is 1. The highest BCUT2D eigenvalue weighted by Gasteiger charge is 2.08. The Morgan fingerprint density at radius 1 is 0.944 bits per heavy atom. The van der Waals surface area contributed by atoms with E-state index in [1.807, 2.05) is 0 Å². The van der Waals surface area contributed by atoms with E-state index in [1.165, 1.54) is 18.2 Å². The maximum absolute atomic E-state index is 13.4. The van der Waals surface area contributed by atoms with Gasteiger partial charge in [0.2, 0.25) is 0 Å². The lowest BCUT2D eigenvalue weighted by molar-refractivity contribution is 0.586. The largest absolute Gasteiger partial charge is 0.398 e. The van der Waals surface area contributed by atoms with Crippen LogP contribution < -0.4 is 11.1 Å². The molecule has 3 N–H and O–H groups in total. The van der Waals surface area contributed by atoms with Crippen molar-refractivity contribution in [3.63, 3.8) is 0 Å². The van der Waals surface area contributed by atoms with Crippen molar-refractivity contribution in [3.8, 4) is 0 Å². The number of rotatable bonds is 2. The lowest BCUT2D eigenvalue weighted by Crippen LogP contribution is -2.00. The minimum absolute atomic E-state index is 0.0597. The van der Waals surface area contributed by atoms with Crippen LogP contribution in [-0.4, -0.2) is 0 Å². The van der Waals surface area contributed by atoms with Crippen LogP contribution in [0.2, 0.25) is 0 Å². The Morgan fingerprint density at radius 3 is 2.33 bits per heavy atom. The number of hydrogen-bond donors (Lipinski definition) is 2. The summed E-state index contributed by atoms with van der Waals surface area (Å²) in [5, 5.41) is 2.69. The van der Waals surface area contributed by atoms with Gasteiger partial charge in [-0.3, -0.25) is 0 Å². The predicted octanol–water partition coefficient (Wildman–Crippen LogP) is 3.74. The Hall–Kier alpha value is -2.17. The molecule has 0 radical (unpaired) electrons. The molecule has 0 saturated heterocycles. The van der Waals surface area contributed by atoms with Crippen molar-refractivity contribution in [1.29, 1.82) is 0 Å². The normalized spacial score (nSPS) is 10.4. The summed E-state index contributed by atoms with van der Waals surface area (Å²) in [5.74, 6) is -1.95. The summed E-state index contributed by atoms with van der Waals surface area (Å²) in [6.07, 6.45) is 0. The van der Waals surface area contributed by atoms with Gasteiger partial charge in [-0.1, -0.05) is 0 Å². The second-order valence-corrected chi connectivity index (χ2v) is 3.92. The molecular formula is C13H11F3N2. The standard InChI is InChI=1S/C13H11F3N2/c1-7-11(17)5-9(15)6-13(7)18-12-3-2-8(14)4-10(12)16/h2-6,18H,17H2,1H3. The zero-order chi connectivity index (χ0) is 13.3. The minimum Gasteiger partial charge on any atom is -0.398 e. The maximum Gasteiger partial charge on any atom is 0.149 e. The summed E-state index contributed by atoms with van der Waals surface area (Å²) in [6.45, 7) is 1.68. The molecule has 94 valence electrons. The van der Waals surface area contributed by atoms with Crippen LogP contribution in [0.5, 0.6) is 0 Å². The molecule has 0 aromatic heterocycles. The second-order valence-electron chi connectivity index (χ2n) is 3.92. The van der Waals surface area contributed by atoms with E-state index in [9.17, 15) is 13.2 Å². The molecule has 0 unspecified atom stereocenters. The average Bonchev–Trinajstić information content (AvgIpc) is 2.29. The van der Waals surface area contributed by atoms with E-state index in [4.69, 9.17) is 5.73 Å². The zero-order valence-corrected chi connectivity index (χ0v) is 9.60. The van der Waals surface area contributed by atoms with E-state index in [2.05, 4.69) is 5.32 Å². The van der Waals surface area contributed by atoms with Gasteiger partial charge in [0, 0.05) is 17.4 Å². The van der Waals surface area contributed by atoms with Crippen molar-refractivity contribution >= 4 is 17.1 Å². The molecule has 0 fully saturated rings. The maximum atomic E-state index is 13.4. The average molecular weight is 252 g/mol. The summed E-state index contributed by atoms with van der Waals surface area (Å²) in [7, 11) is 0. The number of anilines is 3. The van der Waals surface area contributed by atoms with Crippen LogP contribution >= 0.6 is 0 Å². The van der Waals surface area contributed by atoms with E-state index >= 15 is 0 Å². The van der Waals surface area contributed by atoms with Crippen LogP contribution in [0.15, 0.2) is 30.3 Å². The molecule has 2 aromatic rings. The van der Waals surface area contributed by atoms with Crippen molar-refractivity contribution < 1.29 is 13.2 Å². The number of hydrogen-bond acceptors (Lipinski definition) is 2. The van der Waals surface area contributed by atoms with E-state index in [1.54, 1.807) is 6.92 Å². The zero-order valence-electron chi connectivity index (χ0n) is 9.60. The highest BCUT2D eigenvalue weighted by Crippen LogP contribution is 2.27. The SMILES string of the molecule is Cc1c(N)cc(F)cc1Nc1ccc(F)cc1F.